The fourth-order valence-electron chi connectivity index (χ4n) is 4.81. The summed E-state index contributed by atoms with van der Waals surface area (Å²) >= 11 is 0. The van der Waals surface area contributed by atoms with Crippen LogP contribution in [0.4, 0.5) is 0 Å². The van der Waals surface area contributed by atoms with E-state index >= 15 is 0 Å². The van der Waals surface area contributed by atoms with Gasteiger partial charge in [0.1, 0.15) is 5.69 Å². The van der Waals surface area contributed by atoms with Crippen molar-refractivity contribution in [2.45, 2.75) is 52.5 Å². The molecule has 4 heterocycles. The quantitative estimate of drug-likeness (QED) is 0.794. The van der Waals surface area contributed by atoms with Gasteiger partial charge in [-0.1, -0.05) is 13.8 Å². The third kappa shape index (κ3) is 3.69. The Hall–Kier alpha value is -1.89. The van der Waals surface area contributed by atoms with E-state index in [1.807, 2.05) is 14.4 Å². The van der Waals surface area contributed by atoms with Gasteiger partial charge in [0.15, 0.2) is 5.82 Å². The van der Waals surface area contributed by atoms with Gasteiger partial charge in [0.2, 0.25) is 0 Å². The molecular weight excluding hydrogens is 354 g/mol. The van der Waals surface area contributed by atoms with E-state index in [4.69, 9.17) is 0 Å². The summed E-state index contributed by atoms with van der Waals surface area (Å²) in [5.74, 6) is 1.03. The molecule has 1 atom stereocenters. The molecular formula is C21H33N5O2. The fraction of sp³-hybridized carbons (Fsp3) is 0.762. The van der Waals surface area contributed by atoms with Crippen LogP contribution >= 0.6 is 0 Å². The van der Waals surface area contributed by atoms with Crippen molar-refractivity contribution in [3.8, 4) is 0 Å². The predicted molar refractivity (Wildman–Crippen MR) is 107 cm³/mol. The second-order valence-corrected chi connectivity index (χ2v) is 8.56. The van der Waals surface area contributed by atoms with Crippen molar-refractivity contribution < 1.29 is 9.59 Å². The van der Waals surface area contributed by atoms with E-state index in [9.17, 15) is 9.59 Å². The van der Waals surface area contributed by atoms with Gasteiger partial charge in [-0.25, -0.2) is 4.98 Å². The maximum Gasteiger partial charge on any atom is 0.289 e. The van der Waals surface area contributed by atoms with Crippen LogP contribution < -0.4 is 0 Å². The number of aromatic nitrogens is 2. The molecule has 0 saturated carbocycles. The number of imidazole rings is 1. The molecule has 0 spiro atoms. The van der Waals surface area contributed by atoms with Crippen molar-refractivity contribution in [2.75, 3.05) is 45.8 Å². The average Bonchev–Trinajstić information content (AvgIpc) is 3.12. The molecule has 7 nitrogen and oxygen atoms in total. The highest BCUT2D eigenvalue weighted by Crippen LogP contribution is 2.25. The van der Waals surface area contributed by atoms with Crippen LogP contribution in [-0.4, -0.2) is 81.9 Å². The number of likely N-dealkylation sites (N-methyl/N-ethyl adjacent to an activating group) is 1. The average molecular weight is 388 g/mol. The fourth-order valence-corrected chi connectivity index (χ4v) is 4.81. The Morgan fingerprint density at radius 3 is 2.46 bits per heavy atom. The van der Waals surface area contributed by atoms with E-state index in [-0.39, 0.29) is 11.8 Å². The summed E-state index contributed by atoms with van der Waals surface area (Å²) in [5.41, 5.74) is 1.51. The molecule has 28 heavy (non-hydrogen) atoms. The highest BCUT2D eigenvalue weighted by molar-refractivity contribution is 5.97. The van der Waals surface area contributed by atoms with Crippen LogP contribution in [0, 0.1) is 5.92 Å². The number of fused-ring (bicyclic) bond motifs is 1. The van der Waals surface area contributed by atoms with Crippen LogP contribution in [0.3, 0.4) is 0 Å². The van der Waals surface area contributed by atoms with Gasteiger partial charge in [-0.15, -0.1) is 0 Å². The molecule has 0 bridgehead atoms. The van der Waals surface area contributed by atoms with Crippen molar-refractivity contribution in [3.05, 3.63) is 17.2 Å². The van der Waals surface area contributed by atoms with Crippen LogP contribution in [0.15, 0.2) is 0 Å². The summed E-state index contributed by atoms with van der Waals surface area (Å²) in [6.07, 6.45) is 5.18. The standard InChI is InChI=1S/C21H33N5O2/c1-3-23-11-13-24(14-12-23)21(28)19-22-18(17-8-4-5-10-26(17)19)20(27)25-9-6-7-16(2)15-25/h16H,3-15H2,1-2H3. The van der Waals surface area contributed by atoms with Crippen LogP contribution in [-0.2, 0) is 13.0 Å². The number of hydrogen-bond acceptors (Lipinski definition) is 4. The minimum absolute atomic E-state index is 0.00929. The molecule has 3 aliphatic rings. The lowest BCUT2D eigenvalue weighted by Gasteiger charge is -2.34. The smallest absolute Gasteiger partial charge is 0.289 e. The van der Waals surface area contributed by atoms with Crippen molar-refractivity contribution in [2.24, 2.45) is 5.92 Å². The summed E-state index contributed by atoms with van der Waals surface area (Å²) in [5, 5.41) is 0. The van der Waals surface area contributed by atoms with Crippen molar-refractivity contribution in [3.63, 3.8) is 0 Å². The number of carbonyl (C=O) groups excluding carboxylic acids is 2. The lowest BCUT2D eigenvalue weighted by Crippen LogP contribution is -2.49. The van der Waals surface area contributed by atoms with E-state index < -0.39 is 0 Å². The first-order chi connectivity index (χ1) is 13.6. The molecule has 1 unspecified atom stereocenters. The monoisotopic (exact) mass is 387 g/mol. The summed E-state index contributed by atoms with van der Waals surface area (Å²) in [6, 6.07) is 0. The molecule has 3 aliphatic heterocycles. The summed E-state index contributed by atoms with van der Waals surface area (Å²) in [7, 11) is 0. The van der Waals surface area contributed by atoms with Gasteiger partial charge in [0.05, 0.1) is 5.69 Å². The molecule has 4 rings (SSSR count). The molecule has 0 aliphatic carbocycles. The lowest BCUT2D eigenvalue weighted by molar-refractivity contribution is 0.0625. The molecule has 0 aromatic carbocycles. The maximum atomic E-state index is 13.2. The highest BCUT2D eigenvalue weighted by atomic mass is 16.2. The third-order valence-electron chi connectivity index (χ3n) is 6.56. The summed E-state index contributed by atoms with van der Waals surface area (Å²) in [4.78, 5) is 37.3. The second-order valence-electron chi connectivity index (χ2n) is 8.56. The number of piperidine rings is 1. The SMILES string of the molecule is CCN1CCN(C(=O)c2nc(C(=O)N3CCCC(C)C3)c3n2CCCC3)CC1. The summed E-state index contributed by atoms with van der Waals surface area (Å²) < 4.78 is 2.04. The zero-order valence-corrected chi connectivity index (χ0v) is 17.3. The van der Waals surface area contributed by atoms with Crippen molar-refractivity contribution in [1.29, 1.82) is 0 Å². The number of amides is 2. The second kappa shape index (κ2) is 8.23. The molecule has 0 radical (unpaired) electrons. The van der Waals surface area contributed by atoms with Crippen LogP contribution in [0.25, 0.3) is 0 Å². The minimum Gasteiger partial charge on any atom is -0.337 e. The Labute approximate surface area is 167 Å². The molecule has 154 valence electrons. The Morgan fingerprint density at radius 2 is 1.75 bits per heavy atom. The van der Waals surface area contributed by atoms with Crippen LogP contribution in [0.1, 0.15) is 66.3 Å². The zero-order valence-electron chi connectivity index (χ0n) is 17.3. The molecule has 1 aromatic heterocycles. The van der Waals surface area contributed by atoms with Crippen molar-refractivity contribution in [1.82, 2.24) is 24.3 Å². The number of nitrogens with zero attached hydrogens (tertiary/aromatic N) is 5. The Balaban J connectivity index is 1.58. The van der Waals surface area contributed by atoms with E-state index in [1.54, 1.807) is 0 Å². The molecule has 7 heteroatoms. The van der Waals surface area contributed by atoms with Crippen LogP contribution in [0.2, 0.25) is 0 Å². The Morgan fingerprint density at radius 1 is 0.964 bits per heavy atom. The van der Waals surface area contributed by atoms with Gasteiger partial charge < -0.3 is 19.3 Å². The van der Waals surface area contributed by atoms with E-state index in [0.29, 0.717) is 17.4 Å². The Bertz CT molecular complexity index is 735. The number of carbonyl (C=O) groups is 2. The minimum atomic E-state index is -0.00929. The van der Waals surface area contributed by atoms with E-state index in [1.165, 1.54) is 6.42 Å². The molecule has 2 amide bonds. The maximum absolute atomic E-state index is 13.2. The number of piperazine rings is 1. The first kappa shape index (κ1) is 19.4. The predicted octanol–water partition coefficient (Wildman–Crippen LogP) is 1.87. The van der Waals surface area contributed by atoms with Crippen LogP contribution in [0.5, 0.6) is 0 Å². The van der Waals surface area contributed by atoms with Gasteiger partial charge in [0, 0.05) is 45.8 Å². The normalized spacial score (nSPS) is 23.6. The highest BCUT2D eigenvalue weighted by Gasteiger charge is 2.33. The van der Waals surface area contributed by atoms with Gasteiger partial charge in [-0.05, 0) is 44.6 Å². The van der Waals surface area contributed by atoms with Gasteiger partial charge >= 0.3 is 0 Å². The number of hydrogen-bond donors (Lipinski definition) is 0. The Kier molecular flexibility index (Phi) is 5.71. The van der Waals surface area contributed by atoms with Gasteiger partial charge in [-0.3, -0.25) is 9.59 Å². The number of likely N-dealkylation sites (tertiary alicyclic amines) is 1. The first-order valence-electron chi connectivity index (χ1n) is 11.0. The molecule has 1 aromatic rings. The first-order valence-corrected chi connectivity index (χ1v) is 11.0. The lowest BCUT2D eigenvalue weighted by atomic mass is 9.99. The molecule has 2 fully saturated rings. The molecule has 2 saturated heterocycles. The van der Waals surface area contributed by atoms with Gasteiger partial charge in [0.25, 0.3) is 11.8 Å². The van der Waals surface area contributed by atoms with Crippen molar-refractivity contribution >= 4 is 11.8 Å². The molecule has 0 N–H and O–H groups in total. The summed E-state index contributed by atoms with van der Waals surface area (Å²) in [6.45, 7) is 11.1. The largest absolute Gasteiger partial charge is 0.337 e. The zero-order chi connectivity index (χ0) is 19.7. The van der Waals surface area contributed by atoms with E-state index in [0.717, 1.165) is 83.7 Å². The number of rotatable bonds is 3. The van der Waals surface area contributed by atoms with E-state index in [2.05, 4.69) is 23.7 Å². The topological polar surface area (TPSA) is 61.7 Å². The van der Waals surface area contributed by atoms with Gasteiger partial charge in [-0.2, -0.15) is 0 Å². The third-order valence-corrected chi connectivity index (χ3v) is 6.56.